The lowest BCUT2D eigenvalue weighted by Gasteiger charge is -2.19. The third-order valence-electron chi connectivity index (χ3n) is 16.1. The van der Waals surface area contributed by atoms with Gasteiger partial charge in [-0.15, -0.1) is 0 Å². The minimum atomic E-state index is -4.39. The smallest absolute Gasteiger partial charge is 0.462 e. The molecule has 9 nitrogen and oxygen atoms in total. The van der Waals surface area contributed by atoms with E-state index in [1.807, 2.05) is 0 Å². The predicted octanol–water partition coefficient (Wildman–Crippen LogP) is 24.0. The van der Waals surface area contributed by atoms with Crippen molar-refractivity contribution in [3.63, 3.8) is 0 Å². The molecule has 0 spiro atoms. The van der Waals surface area contributed by atoms with Crippen LogP contribution in [0.4, 0.5) is 0 Å². The molecule has 0 aliphatic rings. The molecule has 10 heteroatoms. The number of carbonyl (C=O) groups excluding carboxylic acids is 2. The Morgan fingerprint density at radius 2 is 0.647 bits per heavy atom. The first-order valence-corrected chi connectivity index (χ1v) is 37.9. The van der Waals surface area contributed by atoms with E-state index in [2.05, 4.69) is 86.8 Å². The minimum absolute atomic E-state index is 0.0545. The van der Waals surface area contributed by atoms with E-state index < -0.39 is 26.5 Å². The van der Waals surface area contributed by atoms with Crippen LogP contribution < -0.4 is 5.73 Å². The summed E-state index contributed by atoms with van der Waals surface area (Å²) >= 11 is 0. The van der Waals surface area contributed by atoms with Crippen LogP contribution in [-0.2, 0) is 32.7 Å². The lowest BCUT2D eigenvalue weighted by atomic mass is 10.0. The normalized spacial score (nSPS) is 13.3. The SMILES string of the molecule is CC/C=C\C/C=C\C/C=C\C/C=C\C/C=C\CCCCCCCCCCCCCCCCCCCCCCCCCC(=O)OC(COC(=O)CCCCCCCCCCCCCCC/C=C\CCCCCCCCCC)COP(=O)(O)OCCN. The van der Waals surface area contributed by atoms with Crippen molar-refractivity contribution in [1.82, 2.24) is 0 Å². The van der Waals surface area contributed by atoms with Crippen molar-refractivity contribution in [3.8, 4) is 0 Å². The molecule has 0 radical (unpaired) electrons. The first-order chi connectivity index (χ1) is 41.8. The Kier molecular flexibility index (Phi) is 68.4. The van der Waals surface area contributed by atoms with Crippen molar-refractivity contribution in [1.29, 1.82) is 0 Å². The van der Waals surface area contributed by atoms with Gasteiger partial charge in [-0.2, -0.15) is 0 Å². The molecule has 0 rings (SSSR count). The first kappa shape index (κ1) is 82.5. The lowest BCUT2D eigenvalue weighted by Crippen LogP contribution is -2.29. The monoisotopic (exact) mass is 1210 g/mol. The highest BCUT2D eigenvalue weighted by atomic mass is 31.2. The molecule has 0 aromatic carbocycles. The summed E-state index contributed by atoms with van der Waals surface area (Å²) < 4.78 is 33.2. The summed E-state index contributed by atoms with van der Waals surface area (Å²) in [6, 6.07) is 0. The van der Waals surface area contributed by atoms with Gasteiger partial charge in [0.1, 0.15) is 6.61 Å². The summed E-state index contributed by atoms with van der Waals surface area (Å²) in [4.78, 5) is 35.4. The van der Waals surface area contributed by atoms with E-state index >= 15 is 0 Å². The molecule has 0 amide bonds. The molecule has 2 unspecified atom stereocenters. The molecule has 0 aliphatic carbocycles. The van der Waals surface area contributed by atoms with Gasteiger partial charge in [-0.05, 0) is 83.5 Å². The maximum Gasteiger partial charge on any atom is 0.472 e. The molecule has 496 valence electrons. The second-order valence-corrected chi connectivity index (χ2v) is 25.9. The van der Waals surface area contributed by atoms with Crippen molar-refractivity contribution >= 4 is 19.8 Å². The fraction of sp³-hybridized carbons (Fsp3) is 0.813. The summed E-state index contributed by atoms with van der Waals surface area (Å²) in [6.45, 7) is 3.69. The molecule has 3 N–H and O–H groups in total. The van der Waals surface area contributed by atoms with Gasteiger partial charge in [-0.25, -0.2) is 4.57 Å². The molecule has 0 aliphatic heterocycles. The average Bonchev–Trinajstić information content (AvgIpc) is 3.53. The van der Waals surface area contributed by atoms with Crippen LogP contribution in [0.25, 0.3) is 0 Å². The van der Waals surface area contributed by atoms with Crippen molar-refractivity contribution in [3.05, 3.63) is 72.9 Å². The number of unbranched alkanes of at least 4 members (excludes halogenated alkanes) is 44. The highest BCUT2D eigenvalue weighted by Gasteiger charge is 2.26. The van der Waals surface area contributed by atoms with Crippen molar-refractivity contribution in [2.24, 2.45) is 5.73 Å². The zero-order chi connectivity index (χ0) is 61.6. The minimum Gasteiger partial charge on any atom is -0.462 e. The molecule has 0 bridgehead atoms. The van der Waals surface area contributed by atoms with E-state index in [9.17, 15) is 19.0 Å². The zero-order valence-electron chi connectivity index (χ0n) is 55.8. The fourth-order valence-corrected chi connectivity index (χ4v) is 11.5. The van der Waals surface area contributed by atoms with Crippen molar-refractivity contribution in [2.75, 3.05) is 26.4 Å². The maximum absolute atomic E-state index is 12.8. The first-order valence-electron chi connectivity index (χ1n) is 36.4. The number of rotatable bonds is 69. The Labute approximate surface area is 526 Å². The molecule has 0 saturated heterocycles. The van der Waals surface area contributed by atoms with Gasteiger partial charge in [0, 0.05) is 19.4 Å². The topological polar surface area (TPSA) is 134 Å². The van der Waals surface area contributed by atoms with Crippen LogP contribution in [-0.4, -0.2) is 49.3 Å². The number of carbonyl (C=O) groups is 2. The average molecular weight is 1210 g/mol. The Morgan fingerprint density at radius 1 is 0.365 bits per heavy atom. The van der Waals surface area contributed by atoms with Gasteiger partial charge in [-0.1, -0.05) is 337 Å². The molecule has 85 heavy (non-hydrogen) atoms. The maximum atomic E-state index is 12.8. The second kappa shape index (κ2) is 70.5. The highest BCUT2D eigenvalue weighted by Crippen LogP contribution is 2.43. The van der Waals surface area contributed by atoms with Gasteiger partial charge >= 0.3 is 19.8 Å². The largest absolute Gasteiger partial charge is 0.472 e. The number of phosphoric ester groups is 1. The number of hydrogen-bond acceptors (Lipinski definition) is 8. The molecule has 0 heterocycles. The third kappa shape index (κ3) is 70.4. The molecule has 0 fully saturated rings. The predicted molar refractivity (Wildman–Crippen MR) is 367 cm³/mol. The zero-order valence-corrected chi connectivity index (χ0v) is 56.7. The van der Waals surface area contributed by atoms with Crippen LogP contribution in [0.1, 0.15) is 361 Å². The van der Waals surface area contributed by atoms with E-state index in [1.165, 1.54) is 263 Å². The van der Waals surface area contributed by atoms with E-state index in [-0.39, 0.29) is 38.6 Å². The molecule has 2 atom stereocenters. The van der Waals surface area contributed by atoms with Crippen LogP contribution in [0.5, 0.6) is 0 Å². The number of hydrogen-bond donors (Lipinski definition) is 2. The summed E-state index contributed by atoms with van der Waals surface area (Å²) in [7, 11) is -4.39. The summed E-state index contributed by atoms with van der Waals surface area (Å²) in [6.07, 6.45) is 93.0. The second-order valence-electron chi connectivity index (χ2n) is 24.4. The van der Waals surface area contributed by atoms with Gasteiger partial charge in [0.15, 0.2) is 6.10 Å². The van der Waals surface area contributed by atoms with E-state index in [0.717, 1.165) is 64.2 Å². The highest BCUT2D eigenvalue weighted by molar-refractivity contribution is 7.47. The third-order valence-corrected chi connectivity index (χ3v) is 17.1. The van der Waals surface area contributed by atoms with Crippen LogP contribution in [0.3, 0.4) is 0 Å². The molecule has 0 saturated carbocycles. The Morgan fingerprint density at radius 3 is 0.976 bits per heavy atom. The van der Waals surface area contributed by atoms with Crippen molar-refractivity contribution < 1.29 is 37.6 Å². The van der Waals surface area contributed by atoms with Crippen LogP contribution >= 0.6 is 7.82 Å². The molecule has 0 aromatic heterocycles. The van der Waals surface area contributed by atoms with Gasteiger partial charge in [0.25, 0.3) is 0 Å². The van der Waals surface area contributed by atoms with E-state index in [1.54, 1.807) is 0 Å². The Balaban J connectivity index is 3.79. The van der Waals surface area contributed by atoms with Gasteiger partial charge in [-0.3, -0.25) is 18.6 Å². The number of phosphoric acid groups is 1. The fourth-order valence-electron chi connectivity index (χ4n) is 10.7. The van der Waals surface area contributed by atoms with Crippen LogP contribution in [0, 0.1) is 0 Å². The van der Waals surface area contributed by atoms with Gasteiger partial charge in [0.05, 0.1) is 13.2 Å². The summed E-state index contributed by atoms with van der Waals surface area (Å²) in [5, 5.41) is 0. The summed E-state index contributed by atoms with van der Waals surface area (Å²) in [5.74, 6) is -0.809. The number of allylic oxidation sites excluding steroid dienone is 12. The Bertz CT molecular complexity index is 1620. The lowest BCUT2D eigenvalue weighted by molar-refractivity contribution is -0.161. The molecular formula is C75H138NO8P. The Hall–Kier alpha value is -2.55. The molecular weight excluding hydrogens is 1070 g/mol. The van der Waals surface area contributed by atoms with Crippen LogP contribution in [0.15, 0.2) is 72.9 Å². The number of nitrogens with two attached hydrogens (primary N) is 1. The van der Waals surface area contributed by atoms with E-state index in [4.69, 9.17) is 24.3 Å². The van der Waals surface area contributed by atoms with Gasteiger partial charge < -0.3 is 20.1 Å². The van der Waals surface area contributed by atoms with Crippen molar-refractivity contribution in [2.45, 2.75) is 367 Å². The number of esters is 2. The van der Waals surface area contributed by atoms with E-state index in [0.29, 0.717) is 6.42 Å². The standard InChI is InChI=1S/C75H138NO8P/c1-3-5-7-9-11-13-15-17-19-21-23-25-27-29-30-31-32-33-34-35-36-37-38-39-40-41-42-44-46-48-50-52-54-56-58-60-62-64-66-68-75(78)84-73(72-83-85(79,80)82-70-69-76)71-81-74(77)67-65-63-61-59-57-55-53-51-49-47-45-43-28-26-24-22-20-18-16-14-12-10-8-6-4-2/h5,7,11,13,17,19,22-25,29-30,73H,3-4,6,8-10,12,14-16,18,20-21,26-28,31-72,76H2,1-2H3,(H,79,80)/b7-5-,13-11-,19-17-,24-22-,25-23-,30-29-. The quantitative estimate of drug-likeness (QED) is 0.0264. The number of ether oxygens (including phenoxy) is 2. The summed E-state index contributed by atoms with van der Waals surface area (Å²) in [5.41, 5.74) is 5.41. The van der Waals surface area contributed by atoms with Gasteiger partial charge in [0.2, 0.25) is 0 Å². The van der Waals surface area contributed by atoms with Crippen LogP contribution in [0.2, 0.25) is 0 Å². The molecule has 0 aromatic rings.